The molecule has 2 aromatic carbocycles. The zero-order chi connectivity index (χ0) is 23.3. The van der Waals surface area contributed by atoms with Gasteiger partial charge >= 0.3 is 10.8 Å². The van der Waals surface area contributed by atoms with E-state index in [4.69, 9.17) is 4.74 Å². The van der Waals surface area contributed by atoms with Gasteiger partial charge in [0, 0.05) is 15.3 Å². The molecule has 1 aromatic heterocycles. The highest BCUT2D eigenvalue weighted by Gasteiger charge is 2.56. The minimum Gasteiger partial charge on any atom is -0.462 e. The SMILES string of the molecule is CCOC(=O)c1ccc(N2C(=O)[C@H]3[C@H](c4cccc(Br)c4)c4sc(=O)[nH]c4S[C@H]3C2=O)cc1. The van der Waals surface area contributed by atoms with Gasteiger partial charge in [-0.15, -0.1) is 0 Å². The van der Waals surface area contributed by atoms with Gasteiger partial charge < -0.3 is 9.72 Å². The predicted molar refractivity (Wildman–Crippen MR) is 129 cm³/mol. The van der Waals surface area contributed by atoms with Gasteiger partial charge in [0.1, 0.15) is 5.25 Å². The van der Waals surface area contributed by atoms with Crippen LogP contribution in [0.5, 0.6) is 0 Å². The van der Waals surface area contributed by atoms with E-state index in [-0.39, 0.29) is 23.3 Å². The van der Waals surface area contributed by atoms with Crippen LogP contribution in [-0.2, 0) is 14.3 Å². The number of hydrogen-bond donors (Lipinski definition) is 1. The average Bonchev–Trinajstić information content (AvgIpc) is 3.28. The molecule has 2 aliphatic heterocycles. The second kappa shape index (κ2) is 8.58. The molecule has 2 amide bonds. The second-order valence-electron chi connectivity index (χ2n) is 7.58. The second-order valence-corrected chi connectivity index (χ2v) is 10.7. The summed E-state index contributed by atoms with van der Waals surface area (Å²) in [5, 5.41) is -0.0270. The Morgan fingerprint density at radius 3 is 2.58 bits per heavy atom. The number of ether oxygens (including phenoxy) is 1. The van der Waals surface area contributed by atoms with Crippen LogP contribution >= 0.6 is 39.0 Å². The minimum atomic E-state index is -0.663. The Labute approximate surface area is 205 Å². The van der Waals surface area contributed by atoms with Gasteiger partial charge in [0.25, 0.3) is 0 Å². The fraction of sp³-hybridized carbons (Fsp3) is 0.217. The fourth-order valence-electron chi connectivity index (χ4n) is 4.29. The Hall–Kier alpha value is -2.69. The van der Waals surface area contributed by atoms with E-state index >= 15 is 0 Å². The Kier molecular flexibility index (Phi) is 5.75. The number of benzene rings is 2. The van der Waals surface area contributed by atoms with Crippen molar-refractivity contribution in [1.29, 1.82) is 0 Å². The number of nitrogens with zero attached hydrogens (tertiary/aromatic N) is 1. The Balaban J connectivity index is 1.55. The molecule has 0 bridgehead atoms. The first-order valence-corrected chi connectivity index (χ1v) is 12.7. The zero-order valence-electron chi connectivity index (χ0n) is 17.2. The van der Waals surface area contributed by atoms with Crippen molar-refractivity contribution in [2.45, 2.75) is 23.1 Å². The van der Waals surface area contributed by atoms with Crippen LogP contribution < -0.4 is 9.77 Å². The number of imide groups is 1. The number of nitrogens with one attached hydrogen (secondary N) is 1. The number of carbonyl (C=O) groups is 3. The van der Waals surface area contributed by atoms with Crippen molar-refractivity contribution in [2.75, 3.05) is 11.5 Å². The molecule has 3 heterocycles. The molecule has 3 aromatic rings. The van der Waals surface area contributed by atoms with E-state index in [2.05, 4.69) is 20.9 Å². The van der Waals surface area contributed by atoms with Crippen LogP contribution in [0.1, 0.15) is 33.6 Å². The zero-order valence-corrected chi connectivity index (χ0v) is 20.5. The van der Waals surface area contributed by atoms with E-state index in [1.807, 2.05) is 24.3 Å². The first kappa shape index (κ1) is 22.1. The van der Waals surface area contributed by atoms with Crippen molar-refractivity contribution in [3.63, 3.8) is 0 Å². The van der Waals surface area contributed by atoms with Gasteiger partial charge in [-0.1, -0.05) is 51.2 Å². The summed E-state index contributed by atoms with van der Waals surface area (Å²) in [4.78, 5) is 55.7. The Bertz CT molecular complexity index is 1330. The lowest BCUT2D eigenvalue weighted by Crippen LogP contribution is -2.32. The lowest BCUT2D eigenvalue weighted by atomic mass is 9.83. The summed E-state index contributed by atoms with van der Waals surface area (Å²) >= 11 is 5.79. The van der Waals surface area contributed by atoms with Crippen LogP contribution in [0.25, 0.3) is 0 Å². The Morgan fingerprint density at radius 2 is 1.88 bits per heavy atom. The standard InChI is InChI=1S/C23H17BrN2O5S2/c1-2-31-22(29)11-6-8-14(9-7-11)26-20(27)16-15(12-4-3-5-13(24)10-12)17-19(25-23(30)33-17)32-18(16)21(26)28/h3-10,15-16,18H,2H2,1H3,(H,25,30)/t15-,16-,18+/m0/s1. The molecular weight excluding hydrogens is 528 g/mol. The van der Waals surface area contributed by atoms with E-state index in [1.165, 1.54) is 16.7 Å². The molecule has 2 aliphatic rings. The number of aromatic amines is 1. The molecule has 0 aliphatic carbocycles. The number of rotatable bonds is 4. The lowest BCUT2D eigenvalue weighted by Gasteiger charge is -2.29. The number of amides is 2. The van der Waals surface area contributed by atoms with Gasteiger partial charge in [-0.3, -0.25) is 14.4 Å². The highest BCUT2D eigenvalue weighted by molar-refractivity contribution is 9.10. The van der Waals surface area contributed by atoms with Crippen LogP contribution in [0.15, 0.2) is 62.8 Å². The third-order valence-corrected chi connectivity index (χ3v) is 8.56. The quantitative estimate of drug-likeness (QED) is 0.391. The van der Waals surface area contributed by atoms with E-state index in [0.29, 0.717) is 16.3 Å². The number of thioether (sulfide) groups is 1. The van der Waals surface area contributed by atoms with Gasteiger partial charge in [0.05, 0.1) is 28.8 Å². The molecule has 0 spiro atoms. The molecule has 0 saturated carbocycles. The largest absolute Gasteiger partial charge is 0.462 e. The van der Waals surface area contributed by atoms with Crippen molar-refractivity contribution in [3.05, 3.63) is 78.7 Å². The summed E-state index contributed by atoms with van der Waals surface area (Å²) in [6.07, 6.45) is 0. The molecule has 7 nitrogen and oxygen atoms in total. The maximum atomic E-state index is 13.7. The normalized spacial score (nSPS) is 21.6. The van der Waals surface area contributed by atoms with Gasteiger partial charge in [-0.2, -0.15) is 0 Å². The highest BCUT2D eigenvalue weighted by atomic mass is 79.9. The van der Waals surface area contributed by atoms with Crippen molar-refractivity contribution >= 4 is 62.5 Å². The van der Waals surface area contributed by atoms with E-state index in [9.17, 15) is 19.2 Å². The van der Waals surface area contributed by atoms with Crippen LogP contribution in [0, 0.1) is 5.92 Å². The summed E-state index contributed by atoms with van der Waals surface area (Å²) in [6.45, 7) is 1.98. The Morgan fingerprint density at radius 1 is 1.12 bits per heavy atom. The summed E-state index contributed by atoms with van der Waals surface area (Å²) in [7, 11) is 0. The molecule has 3 atom stereocenters. The maximum Gasteiger partial charge on any atom is 0.338 e. The van der Waals surface area contributed by atoms with Crippen LogP contribution in [0.3, 0.4) is 0 Å². The molecule has 1 fully saturated rings. The third kappa shape index (κ3) is 3.75. The molecule has 0 radical (unpaired) electrons. The number of anilines is 1. The van der Waals surface area contributed by atoms with Crippen LogP contribution in [0.2, 0.25) is 0 Å². The van der Waals surface area contributed by atoms with Crippen molar-refractivity contribution in [1.82, 2.24) is 4.98 Å². The van der Waals surface area contributed by atoms with E-state index in [1.54, 1.807) is 31.2 Å². The fourth-order valence-corrected chi connectivity index (χ4v) is 7.22. The summed E-state index contributed by atoms with van der Waals surface area (Å²) in [6, 6.07) is 13.8. The number of carbonyl (C=O) groups excluding carboxylic acids is 3. The number of esters is 1. The number of fused-ring (bicyclic) bond motifs is 2. The monoisotopic (exact) mass is 544 g/mol. The molecule has 10 heteroatoms. The molecule has 0 unspecified atom stereocenters. The molecule has 5 rings (SSSR count). The van der Waals surface area contributed by atoms with Crippen molar-refractivity contribution < 1.29 is 19.1 Å². The minimum absolute atomic E-state index is 0.209. The predicted octanol–water partition coefficient (Wildman–Crippen LogP) is 4.17. The number of aromatic nitrogens is 1. The van der Waals surface area contributed by atoms with Crippen LogP contribution in [0.4, 0.5) is 5.69 Å². The smallest absolute Gasteiger partial charge is 0.338 e. The third-order valence-electron chi connectivity index (χ3n) is 5.67. The number of H-pyrrole nitrogens is 1. The summed E-state index contributed by atoms with van der Waals surface area (Å²) in [5.41, 5.74) is 1.60. The average molecular weight is 545 g/mol. The van der Waals surface area contributed by atoms with Gasteiger partial charge in [0.2, 0.25) is 11.8 Å². The topological polar surface area (TPSA) is 96.5 Å². The maximum absolute atomic E-state index is 13.7. The van der Waals surface area contributed by atoms with Gasteiger partial charge in [-0.25, -0.2) is 9.69 Å². The summed E-state index contributed by atoms with van der Waals surface area (Å²) < 4.78 is 5.85. The number of thiazole rings is 1. The van der Waals surface area contributed by atoms with E-state index in [0.717, 1.165) is 26.3 Å². The van der Waals surface area contributed by atoms with E-state index < -0.39 is 23.1 Å². The summed E-state index contributed by atoms with van der Waals surface area (Å²) in [5.74, 6) is -2.20. The molecule has 168 valence electrons. The van der Waals surface area contributed by atoms with Gasteiger partial charge in [0.15, 0.2) is 0 Å². The molecule has 33 heavy (non-hydrogen) atoms. The first-order chi connectivity index (χ1) is 15.9. The van der Waals surface area contributed by atoms with Gasteiger partial charge in [-0.05, 0) is 48.9 Å². The van der Waals surface area contributed by atoms with Crippen LogP contribution in [-0.4, -0.2) is 34.6 Å². The highest BCUT2D eigenvalue weighted by Crippen LogP contribution is 2.53. The van der Waals surface area contributed by atoms with Crippen molar-refractivity contribution in [3.8, 4) is 0 Å². The number of hydrogen-bond acceptors (Lipinski definition) is 7. The first-order valence-electron chi connectivity index (χ1n) is 10.2. The molecule has 1 saturated heterocycles. The number of halogens is 1. The van der Waals surface area contributed by atoms with Crippen molar-refractivity contribution in [2.24, 2.45) is 5.92 Å². The molecular formula is C23H17BrN2O5S2. The molecule has 1 N–H and O–H groups in total. The lowest BCUT2D eigenvalue weighted by molar-refractivity contribution is -0.122.